The first kappa shape index (κ1) is 17.4. The number of rotatable bonds is 7. The molecule has 3 heterocycles. The molecule has 4 rings (SSSR count). The molecule has 0 spiro atoms. The molecular weight excluding hydrogens is 358 g/mol. The normalized spacial score (nSPS) is 21.6. The summed E-state index contributed by atoms with van der Waals surface area (Å²) in [7, 11) is 0. The summed E-state index contributed by atoms with van der Waals surface area (Å²) >= 11 is 0. The van der Waals surface area contributed by atoms with Crippen molar-refractivity contribution in [1.82, 2.24) is 20.4 Å². The molecule has 11 nitrogen and oxygen atoms in total. The van der Waals surface area contributed by atoms with Crippen LogP contribution in [0.15, 0.2) is 29.2 Å². The van der Waals surface area contributed by atoms with E-state index in [9.17, 15) is 9.90 Å². The summed E-state index contributed by atoms with van der Waals surface area (Å²) in [5, 5.41) is 9.91. The largest absolute Gasteiger partial charge is 0.469 e. The van der Waals surface area contributed by atoms with Crippen LogP contribution in [0.25, 0.3) is 11.6 Å². The standard InChI is InChI=1S/C16H17N5O6/c1-8-2-16(8,23)6-26-21-14(22)11-12(17)19-13(10-3-18-7-25-10)20-15(11)27-9-4-24-5-9/h3,7,9,23H,1-2,4-6H2,(H,21,22)(H2,17,19,20). The number of aliphatic hydroxyl groups is 1. The van der Waals surface area contributed by atoms with Gasteiger partial charge in [0.05, 0.1) is 19.4 Å². The molecule has 2 aromatic heterocycles. The SMILES string of the molecule is C=C1CC1(O)CONC(=O)c1c(N)nc(-c2cnco2)nc1OC1COC1. The molecule has 1 aliphatic carbocycles. The Hall–Kier alpha value is -3.02. The Morgan fingerprint density at radius 1 is 1.48 bits per heavy atom. The number of hydrogen-bond donors (Lipinski definition) is 3. The highest BCUT2D eigenvalue weighted by molar-refractivity contribution is 6.00. The maximum Gasteiger partial charge on any atom is 0.284 e. The third kappa shape index (κ3) is 3.47. The Morgan fingerprint density at radius 2 is 2.26 bits per heavy atom. The van der Waals surface area contributed by atoms with Gasteiger partial charge in [0.2, 0.25) is 11.7 Å². The zero-order chi connectivity index (χ0) is 19.0. The van der Waals surface area contributed by atoms with E-state index in [1.165, 1.54) is 12.6 Å². The van der Waals surface area contributed by atoms with Gasteiger partial charge >= 0.3 is 0 Å². The fraction of sp³-hybridized carbons (Fsp3) is 0.375. The van der Waals surface area contributed by atoms with Crippen molar-refractivity contribution in [2.24, 2.45) is 0 Å². The Kier molecular flexibility index (Phi) is 4.26. The highest BCUT2D eigenvalue weighted by Gasteiger charge is 2.46. The number of carbonyl (C=O) groups excluding carboxylic acids is 1. The number of nitrogens with zero attached hydrogens (tertiary/aromatic N) is 3. The van der Waals surface area contributed by atoms with E-state index >= 15 is 0 Å². The van der Waals surface area contributed by atoms with Gasteiger partial charge in [-0.25, -0.2) is 15.4 Å². The number of amides is 1. The first-order valence-corrected chi connectivity index (χ1v) is 8.10. The minimum Gasteiger partial charge on any atom is -0.469 e. The van der Waals surface area contributed by atoms with E-state index in [0.29, 0.717) is 25.2 Å². The van der Waals surface area contributed by atoms with Crippen molar-refractivity contribution in [2.45, 2.75) is 18.1 Å². The van der Waals surface area contributed by atoms with Gasteiger partial charge in [0.15, 0.2) is 12.2 Å². The van der Waals surface area contributed by atoms with Gasteiger partial charge in [0.1, 0.15) is 29.7 Å². The Bertz CT molecular complexity index is 882. The summed E-state index contributed by atoms with van der Waals surface area (Å²) in [6, 6.07) is 0. The number of aromatic nitrogens is 3. The number of anilines is 1. The highest BCUT2D eigenvalue weighted by atomic mass is 16.7. The molecular formula is C16H17N5O6. The Morgan fingerprint density at radius 3 is 2.85 bits per heavy atom. The van der Waals surface area contributed by atoms with E-state index < -0.39 is 11.5 Å². The molecule has 1 unspecified atom stereocenters. The lowest BCUT2D eigenvalue weighted by Gasteiger charge is -2.27. The number of oxazole rings is 1. The number of nitrogens with two attached hydrogens (primary N) is 1. The van der Waals surface area contributed by atoms with Gasteiger partial charge < -0.3 is 24.7 Å². The van der Waals surface area contributed by atoms with Crippen LogP contribution in [-0.2, 0) is 9.57 Å². The Labute approximate surface area is 153 Å². The van der Waals surface area contributed by atoms with Crippen LogP contribution in [0.4, 0.5) is 5.82 Å². The first-order chi connectivity index (χ1) is 13.0. The van der Waals surface area contributed by atoms with Gasteiger partial charge in [-0.05, 0) is 5.57 Å². The van der Waals surface area contributed by atoms with Gasteiger partial charge in [-0.3, -0.25) is 9.63 Å². The zero-order valence-corrected chi connectivity index (χ0v) is 14.2. The second kappa shape index (κ2) is 6.61. The van der Waals surface area contributed by atoms with E-state index in [2.05, 4.69) is 27.0 Å². The molecule has 1 aliphatic heterocycles. The van der Waals surface area contributed by atoms with Crippen LogP contribution in [0.1, 0.15) is 16.8 Å². The zero-order valence-electron chi connectivity index (χ0n) is 14.2. The molecule has 0 aromatic carbocycles. The fourth-order valence-corrected chi connectivity index (χ4v) is 2.37. The second-order valence-corrected chi connectivity index (χ2v) is 6.29. The third-order valence-electron chi connectivity index (χ3n) is 4.18. The number of nitrogens with one attached hydrogen (secondary N) is 1. The number of carbonyl (C=O) groups is 1. The minimum atomic E-state index is -1.10. The van der Waals surface area contributed by atoms with Gasteiger partial charge in [-0.1, -0.05) is 6.58 Å². The van der Waals surface area contributed by atoms with Crippen molar-refractivity contribution < 1.29 is 28.6 Å². The van der Waals surface area contributed by atoms with Crippen molar-refractivity contribution in [2.75, 3.05) is 25.6 Å². The third-order valence-corrected chi connectivity index (χ3v) is 4.18. The number of hydrogen-bond acceptors (Lipinski definition) is 10. The molecule has 27 heavy (non-hydrogen) atoms. The monoisotopic (exact) mass is 375 g/mol. The summed E-state index contributed by atoms with van der Waals surface area (Å²) in [5.74, 6) is -0.461. The second-order valence-electron chi connectivity index (χ2n) is 6.29. The molecule has 11 heteroatoms. The molecule has 0 bridgehead atoms. The Balaban J connectivity index is 1.55. The van der Waals surface area contributed by atoms with Crippen molar-refractivity contribution in [3.8, 4) is 17.5 Å². The molecule has 4 N–H and O–H groups in total. The first-order valence-electron chi connectivity index (χ1n) is 8.10. The van der Waals surface area contributed by atoms with Crippen molar-refractivity contribution in [3.63, 3.8) is 0 Å². The lowest BCUT2D eigenvalue weighted by molar-refractivity contribution is -0.0816. The summed E-state index contributed by atoms with van der Waals surface area (Å²) < 4.78 is 15.9. The van der Waals surface area contributed by atoms with Crippen molar-refractivity contribution in [1.29, 1.82) is 0 Å². The smallest absolute Gasteiger partial charge is 0.284 e. The van der Waals surface area contributed by atoms with Crippen LogP contribution in [-0.4, -0.2) is 57.5 Å². The van der Waals surface area contributed by atoms with E-state index in [-0.39, 0.29) is 41.6 Å². The fourth-order valence-electron chi connectivity index (χ4n) is 2.37. The molecule has 1 saturated carbocycles. The predicted molar refractivity (Wildman–Crippen MR) is 89.3 cm³/mol. The van der Waals surface area contributed by atoms with Crippen LogP contribution in [0, 0.1) is 0 Å². The van der Waals surface area contributed by atoms with Crippen molar-refractivity contribution >= 4 is 11.7 Å². The van der Waals surface area contributed by atoms with E-state index in [1.54, 1.807) is 0 Å². The number of hydroxylamine groups is 1. The summed E-state index contributed by atoms with van der Waals surface area (Å²) in [6.45, 7) is 4.27. The number of nitrogen functional groups attached to an aromatic ring is 1. The molecule has 1 amide bonds. The lowest BCUT2D eigenvalue weighted by Crippen LogP contribution is -2.39. The van der Waals surface area contributed by atoms with Gasteiger partial charge in [-0.2, -0.15) is 4.98 Å². The van der Waals surface area contributed by atoms with Gasteiger partial charge in [0, 0.05) is 6.42 Å². The average Bonchev–Trinajstić information content (AvgIpc) is 3.01. The molecule has 1 atom stereocenters. The number of ether oxygens (including phenoxy) is 2. The molecule has 0 radical (unpaired) electrons. The van der Waals surface area contributed by atoms with Gasteiger partial charge in [0.25, 0.3) is 5.91 Å². The van der Waals surface area contributed by atoms with E-state index in [4.69, 9.17) is 24.5 Å². The van der Waals surface area contributed by atoms with Crippen molar-refractivity contribution in [3.05, 3.63) is 30.3 Å². The summed E-state index contributed by atoms with van der Waals surface area (Å²) in [6.07, 6.45) is 2.80. The van der Waals surface area contributed by atoms with Gasteiger partial charge in [-0.15, -0.1) is 0 Å². The molecule has 142 valence electrons. The van der Waals surface area contributed by atoms with Crippen LogP contribution in [0.5, 0.6) is 5.88 Å². The molecule has 2 aliphatic rings. The topological polar surface area (TPSA) is 155 Å². The average molecular weight is 375 g/mol. The molecule has 2 fully saturated rings. The van der Waals surface area contributed by atoms with Crippen LogP contribution in [0.3, 0.4) is 0 Å². The highest BCUT2D eigenvalue weighted by Crippen LogP contribution is 2.40. The van der Waals surface area contributed by atoms with Crippen LogP contribution in [0.2, 0.25) is 0 Å². The quantitative estimate of drug-likeness (QED) is 0.439. The minimum absolute atomic E-state index is 0.0298. The van der Waals surface area contributed by atoms with E-state index in [1.807, 2.05) is 0 Å². The molecule has 1 saturated heterocycles. The van der Waals surface area contributed by atoms with E-state index in [0.717, 1.165) is 0 Å². The maximum absolute atomic E-state index is 12.5. The van der Waals surface area contributed by atoms with Crippen LogP contribution >= 0.6 is 0 Å². The summed E-state index contributed by atoms with van der Waals surface area (Å²) in [5.41, 5.74) is 7.62. The molecule has 2 aromatic rings. The predicted octanol–water partition coefficient (Wildman–Crippen LogP) is -0.156. The maximum atomic E-state index is 12.5. The lowest BCUT2D eigenvalue weighted by atomic mass is 10.2. The summed E-state index contributed by atoms with van der Waals surface area (Å²) in [4.78, 5) is 29.7. The van der Waals surface area contributed by atoms with Crippen LogP contribution < -0.4 is 16.0 Å².